The van der Waals surface area contributed by atoms with Gasteiger partial charge in [-0.2, -0.15) is 10.1 Å². The molecule has 1 aliphatic rings. The van der Waals surface area contributed by atoms with E-state index in [9.17, 15) is 13.2 Å². The zero-order valence-corrected chi connectivity index (χ0v) is 13.9. The molecule has 1 unspecified atom stereocenters. The summed E-state index contributed by atoms with van der Waals surface area (Å²) < 4.78 is 26.8. The highest BCUT2D eigenvalue weighted by Gasteiger charge is 2.26. The minimum atomic E-state index is -3.25. The number of sulfonamides is 1. The SMILES string of the molecule is Cn1ncc2c(=O)[nH]c(N3CCCCC3CNS(C)(=O)=O)nc21. The number of anilines is 1. The zero-order chi connectivity index (χ0) is 16.6. The number of rotatable bonds is 4. The van der Waals surface area contributed by atoms with Crippen LogP contribution >= 0.6 is 0 Å². The van der Waals surface area contributed by atoms with Crippen LogP contribution < -0.4 is 15.2 Å². The molecule has 2 aromatic heterocycles. The van der Waals surface area contributed by atoms with E-state index in [1.165, 1.54) is 6.20 Å². The first-order chi connectivity index (χ1) is 10.8. The Kier molecular flexibility index (Phi) is 4.11. The van der Waals surface area contributed by atoms with Gasteiger partial charge in [-0.15, -0.1) is 0 Å². The van der Waals surface area contributed by atoms with Gasteiger partial charge in [-0.3, -0.25) is 14.5 Å². The second-order valence-electron chi connectivity index (χ2n) is 5.86. The van der Waals surface area contributed by atoms with Crippen LogP contribution in [0.15, 0.2) is 11.0 Å². The van der Waals surface area contributed by atoms with Crippen LogP contribution in [0, 0.1) is 0 Å². The molecule has 3 rings (SSSR count). The molecule has 0 bridgehead atoms. The van der Waals surface area contributed by atoms with E-state index in [0.29, 0.717) is 23.5 Å². The van der Waals surface area contributed by atoms with Crippen molar-refractivity contribution in [3.05, 3.63) is 16.6 Å². The van der Waals surface area contributed by atoms with Crippen LogP contribution in [0.5, 0.6) is 0 Å². The largest absolute Gasteiger partial charge is 0.338 e. The lowest BCUT2D eigenvalue weighted by atomic mass is 10.0. The number of H-pyrrole nitrogens is 1. The highest BCUT2D eigenvalue weighted by Crippen LogP contribution is 2.22. The van der Waals surface area contributed by atoms with Gasteiger partial charge in [0.2, 0.25) is 16.0 Å². The standard InChI is InChI=1S/C13H20N6O3S/c1-18-11-10(8-14-18)12(20)17-13(16-11)19-6-4-3-5-9(19)7-15-23(2,21)22/h8-9,15H,3-7H2,1-2H3,(H,16,17,20). The van der Waals surface area contributed by atoms with Crippen molar-refractivity contribution in [2.45, 2.75) is 25.3 Å². The number of aryl methyl sites for hydroxylation is 1. The first-order valence-corrected chi connectivity index (χ1v) is 9.37. The van der Waals surface area contributed by atoms with Gasteiger partial charge in [-0.25, -0.2) is 13.1 Å². The second kappa shape index (κ2) is 5.93. The molecule has 1 saturated heterocycles. The summed E-state index contributed by atoms with van der Waals surface area (Å²) in [6.07, 6.45) is 5.47. The third-order valence-corrected chi connectivity index (χ3v) is 4.76. The first kappa shape index (κ1) is 15.9. The Morgan fingerprint density at radius 1 is 1.43 bits per heavy atom. The van der Waals surface area contributed by atoms with Gasteiger partial charge in [-0.1, -0.05) is 0 Å². The topological polar surface area (TPSA) is 113 Å². The predicted molar refractivity (Wildman–Crippen MR) is 87.0 cm³/mol. The minimum Gasteiger partial charge on any atom is -0.338 e. The molecule has 0 radical (unpaired) electrons. The van der Waals surface area contributed by atoms with Gasteiger partial charge in [0, 0.05) is 26.2 Å². The molecular weight excluding hydrogens is 320 g/mol. The maximum Gasteiger partial charge on any atom is 0.263 e. The van der Waals surface area contributed by atoms with E-state index >= 15 is 0 Å². The second-order valence-corrected chi connectivity index (χ2v) is 7.69. The van der Waals surface area contributed by atoms with E-state index in [1.54, 1.807) is 11.7 Å². The Labute approximate surface area is 133 Å². The number of aromatic nitrogens is 4. The Balaban J connectivity index is 1.94. The number of nitrogens with one attached hydrogen (secondary N) is 2. The molecule has 0 amide bonds. The third kappa shape index (κ3) is 3.37. The van der Waals surface area contributed by atoms with Crippen LogP contribution in [-0.2, 0) is 17.1 Å². The molecule has 2 aromatic rings. The number of piperidine rings is 1. The summed E-state index contributed by atoms with van der Waals surface area (Å²) in [5.41, 5.74) is 0.280. The Morgan fingerprint density at radius 2 is 2.22 bits per heavy atom. The average molecular weight is 340 g/mol. The summed E-state index contributed by atoms with van der Waals surface area (Å²) in [6.45, 7) is 1.02. The summed E-state index contributed by atoms with van der Waals surface area (Å²) in [7, 11) is -1.52. The van der Waals surface area contributed by atoms with Crippen molar-refractivity contribution in [1.29, 1.82) is 0 Å². The molecule has 1 atom stereocenters. The van der Waals surface area contributed by atoms with Crippen molar-refractivity contribution in [1.82, 2.24) is 24.5 Å². The molecule has 126 valence electrons. The van der Waals surface area contributed by atoms with Crippen LogP contribution in [0.25, 0.3) is 11.0 Å². The fraction of sp³-hybridized carbons (Fsp3) is 0.615. The van der Waals surface area contributed by atoms with Crippen molar-refractivity contribution >= 4 is 27.0 Å². The van der Waals surface area contributed by atoms with E-state index in [2.05, 4.69) is 19.8 Å². The number of hydrogen-bond donors (Lipinski definition) is 2. The van der Waals surface area contributed by atoms with Gasteiger partial charge >= 0.3 is 0 Å². The fourth-order valence-corrected chi connectivity index (χ4v) is 3.39. The number of fused-ring (bicyclic) bond motifs is 1. The number of aromatic amines is 1. The third-order valence-electron chi connectivity index (χ3n) is 4.07. The van der Waals surface area contributed by atoms with Crippen LogP contribution in [-0.4, -0.2) is 53.6 Å². The van der Waals surface area contributed by atoms with Crippen molar-refractivity contribution in [2.24, 2.45) is 7.05 Å². The molecule has 3 heterocycles. The van der Waals surface area contributed by atoms with Crippen LogP contribution in [0.4, 0.5) is 5.95 Å². The molecule has 0 saturated carbocycles. The molecule has 1 fully saturated rings. The lowest BCUT2D eigenvalue weighted by molar-refractivity contribution is 0.447. The van der Waals surface area contributed by atoms with Gasteiger partial charge < -0.3 is 4.90 Å². The molecule has 10 heteroatoms. The summed E-state index contributed by atoms with van der Waals surface area (Å²) in [6, 6.07) is -0.0349. The summed E-state index contributed by atoms with van der Waals surface area (Å²) in [5, 5.41) is 4.50. The van der Waals surface area contributed by atoms with E-state index in [-0.39, 0.29) is 11.6 Å². The molecule has 0 spiro atoms. The zero-order valence-electron chi connectivity index (χ0n) is 13.1. The molecule has 9 nitrogen and oxygen atoms in total. The van der Waals surface area contributed by atoms with Gasteiger partial charge in [0.15, 0.2) is 5.65 Å². The van der Waals surface area contributed by atoms with Crippen LogP contribution in [0.2, 0.25) is 0 Å². The van der Waals surface area contributed by atoms with Crippen LogP contribution in [0.3, 0.4) is 0 Å². The average Bonchev–Trinajstić information content (AvgIpc) is 2.87. The van der Waals surface area contributed by atoms with E-state index in [0.717, 1.165) is 32.1 Å². The molecule has 2 N–H and O–H groups in total. The first-order valence-electron chi connectivity index (χ1n) is 7.48. The van der Waals surface area contributed by atoms with E-state index < -0.39 is 10.0 Å². The molecule has 0 aromatic carbocycles. The van der Waals surface area contributed by atoms with Gasteiger partial charge in [0.1, 0.15) is 5.39 Å². The molecule has 0 aliphatic carbocycles. The lowest BCUT2D eigenvalue weighted by Crippen LogP contribution is -2.47. The quantitative estimate of drug-likeness (QED) is 0.780. The lowest BCUT2D eigenvalue weighted by Gasteiger charge is -2.36. The summed E-state index contributed by atoms with van der Waals surface area (Å²) >= 11 is 0. The van der Waals surface area contributed by atoms with Crippen LogP contribution in [0.1, 0.15) is 19.3 Å². The van der Waals surface area contributed by atoms with Crippen molar-refractivity contribution in [3.63, 3.8) is 0 Å². The molecular formula is C13H20N6O3S. The maximum absolute atomic E-state index is 12.2. The molecule has 23 heavy (non-hydrogen) atoms. The highest BCUT2D eigenvalue weighted by atomic mass is 32.2. The van der Waals surface area contributed by atoms with Crippen molar-refractivity contribution < 1.29 is 8.42 Å². The van der Waals surface area contributed by atoms with Gasteiger partial charge in [0.25, 0.3) is 5.56 Å². The van der Waals surface area contributed by atoms with E-state index in [4.69, 9.17) is 0 Å². The molecule has 1 aliphatic heterocycles. The number of nitrogens with zero attached hydrogens (tertiary/aromatic N) is 4. The Bertz CT molecular complexity index is 871. The van der Waals surface area contributed by atoms with Gasteiger partial charge in [-0.05, 0) is 19.3 Å². The highest BCUT2D eigenvalue weighted by molar-refractivity contribution is 7.88. The minimum absolute atomic E-state index is 0.0349. The smallest absolute Gasteiger partial charge is 0.263 e. The van der Waals surface area contributed by atoms with E-state index in [1.807, 2.05) is 4.90 Å². The van der Waals surface area contributed by atoms with Crippen molar-refractivity contribution in [3.8, 4) is 0 Å². The summed E-state index contributed by atoms with van der Waals surface area (Å²) in [5.74, 6) is 0.464. The van der Waals surface area contributed by atoms with Crippen molar-refractivity contribution in [2.75, 3.05) is 24.2 Å². The normalized spacial score (nSPS) is 19.4. The monoisotopic (exact) mass is 340 g/mol. The fourth-order valence-electron chi connectivity index (χ4n) is 2.90. The van der Waals surface area contributed by atoms with Gasteiger partial charge in [0.05, 0.1) is 12.5 Å². The Morgan fingerprint density at radius 3 is 2.96 bits per heavy atom. The summed E-state index contributed by atoms with van der Waals surface area (Å²) in [4.78, 5) is 21.5. The predicted octanol–water partition coefficient (Wildman–Crippen LogP) is -0.435. The number of hydrogen-bond acceptors (Lipinski definition) is 6. The Hall–Kier alpha value is -1.94. The maximum atomic E-state index is 12.2.